The minimum absolute atomic E-state index is 0.0184. The van der Waals surface area contributed by atoms with Crippen molar-refractivity contribution in [1.29, 1.82) is 0 Å². The van der Waals surface area contributed by atoms with Crippen LogP contribution in [0.15, 0.2) is 36.7 Å². The molecule has 1 aromatic heterocycles. The molecule has 1 unspecified atom stereocenters. The van der Waals surface area contributed by atoms with E-state index in [1.165, 1.54) is 17.9 Å². The van der Waals surface area contributed by atoms with Crippen LogP contribution < -0.4 is 11.1 Å². The largest absolute Gasteiger partial charge is 0.358 e. The summed E-state index contributed by atoms with van der Waals surface area (Å²) in [6.45, 7) is 0.666. The SMILES string of the molecule is NC(CNc1ncns1)c1ccccc1. The molecule has 4 nitrogen and oxygen atoms in total. The molecule has 0 bridgehead atoms. The van der Waals surface area contributed by atoms with Gasteiger partial charge in [-0.25, -0.2) is 4.98 Å². The van der Waals surface area contributed by atoms with Gasteiger partial charge in [-0.1, -0.05) is 30.3 Å². The summed E-state index contributed by atoms with van der Waals surface area (Å²) in [5, 5.41) is 3.95. The molecule has 78 valence electrons. The molecular weight excluding hydrogens is 208 g/mol. The van der Waals surface area contributed by atoms with Crippen molar-refractivity contribution in [2.45, 2.75) is 6.04 Å². The number of benzene rings is 1. The van der Waals surface area contributed by atoms with Crippen molar-refractivity contribution in [3.8, 4) is 0 Å². The Morgan fingerprint density at radius 3 is 2.80 bits per heavy atom. The molecule has 0 radical (unpaired) electrons. The molecule has 0 spiro atoms. The van der Waals surface area contributed by atoms with Crippen LogP contribution >= 0.6 is 11.5 Å². The van der Waals surface area contributed by atoms with E-state index < -0.39 is 0 Å². The summed E-state index contributed by atoms with van der Waals surface area (Å²) in [6, 6.07) is 9.98. The predicted octanol–water partition coefficient (Wildman–Crippen LogP) is 1.65. The first-order valence-corrected chi connectivity index (χ1v) is 5.44. The third-order valence-corrected chi connectivity index (χ3v) is 2.68. The number of nitrogens with two attached hydrogens (primary N) is 1. The van der Waals surface area contributed by atoms with Crippen molar-refractivity contribution < 1.29 is 0 Å². The summed E-state index contributed by atoms with van der Waals surface area (Å²) >= 11 is 1.33. The number of anilines is 1. The van der Waals surface area contributed by atoms with Crippen molar-refractivity contribution in [3.63, 3.8) is 0 Å². The first-order valence-electron chi connectivity index (χ1n) is 4.67. The zero-order valence-electron chi connectivity index (χ0n) is 8.13. The number of rotatable bonds is 4. The van der Waals surface area contributed by atoms with Crippen molar-refractivity contribution in [3.05, 3.63) is 42.2 Å². The van der Waals surface area contributed by atoms with Crippen molar-refractivity contribution >= 4 is 16.7 Å². The Balaban J connectivity index is 1.90. The highest BCUT2D eigenvalue weighted by Gasteiger charge is 2.05. The van der Waals surface area contributed by atoms with Crippen LogP contribution in [0.25, 0.3) is 0 Å². The Hall–Kier alpha value is -1.46. The van der Waals surface area contributed by atoms with Gasteiger partial charge in [-0.3, -0.25) is 0 Å². The zero-order chi connectivity index (χ0) is 10.5. The fourth-order valence-electron chi connectivity index (χ4n) is 1.27. The maximum absolute atomic E-state index is 6.01. The minimum Gasteiger partial charge on any atom is -0.358 e. The van der Waals surface area contributed by atoms with Gasteiger partial charge < -0.3 is 11.1 Å². The lowest BCUT2D eigenvalue weighted by molar-refractivity contribution is 0.764. The first-order chi connectivity index (χ1) is 7.36. The Morgan fingerprint density at radius 2 is 2.13 bits per heavy atom. The third-order valence-electron chi connectivity index (χ3n) is 2.06. The van der Waals surface area contributed by atoms with E-state index in [-0.39, 0.29) is 6.04 Å². The second-order valence-corrected chi connectivity index (χ2v) is 3.92. The molecule has 1 aromatic carbocycles. The van der Waals surface area contributed by atoms with Gasteiger partial charge in [-0.15, -0.1) is 0 Å². The molecule has 1 atom stereocenters. The van der Waals surface area contributed by atoms with Gasteiger partial charge in [0.05, 0.1) is 0 Å². The average molecular weight is 220 g/mol. The molecule has 0 saturated heterocycles. The summed E-state index contributed by atoms with van der Waals surface area (Å²) in [4.78, 5) is 4.02. The monoisotopic (exact) mass is 220 g/mol. The van der Waals surface area contributed by atoms with E-state index in [2.05, 4.69) is 14.7 Å². The molecular formula is C10H12N4S. The Morgan fingerprint density at radius 1 is 1.33 bits per heavy atom. The lowest BCUT2D eigenvalue weighted by Gasteiger charge is -2.11. The smallest absolute Gasteiger partial charge is 0.202 e. The van der Waals surface area contributed by atoms with Crippen LogP contribution in [-0.4, -0.2) is 15.9 Å². The molecule has 0 amide bonds. The van der Waals surface area contributed by atoms with E-state index in [4.69, 9.17) is 5.73 Å². The third kappa shape index (κ3) is 2.74. The molecule has 0 fully saturated rings. The summed E-state index contributed by atoms with van der Waals surface area (Å²) in [7, 11) is 0. The van der Waals surface area contributed by atoms with Gasteiger partial charge in [0, 0.05) is 24.1 Å². The highest BCUT2D eigenvalue weighted by molar-refractivity contribution is 7.09. The van der Waals surface area contributed by atoms with Gasteiger partial charge >= 0.3 is 0 Å². The molecule has 0 aliphatic heterocycles. The zero-order valence-corrected chi connectivity index (χ0v) is 8.95. The number of hydrogen-bond acceptors (Lipinski definition) is 5. The summed E-state index contributed by atoms with van der Waals surface area (Å²) in [5.74, 6) is 0. The fraction of sp³-hybridized carbons (Fsp3) is 0.200. The standard InChI is InChI=1S/C10H12N4S/c11-9(8-4-2-1-3-5-8)6-12-10-13-7-14-15-10/h1-5,7,9H,6,11H2,(H,12,13,14). The van der Waals surface area contributed by atoms with E-state index in [9.17, 15) is 0 Å². The maximum atomic E-state index is 6.01. The van der Waals surface area contributed by atoms with Crippen LogP contribution in [-0.2, 0) is 0 Å². The Kier molecular flexibility index (Phi) is 3.26. The lowest BCUT2D eigenvalue weighted by Crippen LogP contribution is -2.20. The molecule has 0 aliphatic rings. The quantitative estimate of drug-likeness (QED) is 0.822. The predicted molar refractivity (Wildman–Crippen MR) is 61.8 cm³/mol. The van der Waals surface area contributed by atoms with Gasteiger partial charge in [0.1, 0.15) is 6.33 Å². The summed E-state index contributed by atoms with van der Waals surface area (Å²) < 4.78 is 3.90. The maximum Gasteiger partial charge on any atom is 0.202 e. The van der Waals surface area contributed by atoms with Gasteiger partial charge in [0.15, 0.2) is 0 Å². The van der Waals surface area contributed by atoms with Gasteiger partial charge in [-0.05, 0) is 5.56 Å². The van der Waals surface area contributed by atoms with E-state index in [0.29, 0.717) is 6.54 Å². The van der Waals surface area contributed by atoms with Crippen molar-refractivity contribution in [1.82, 2.24) is 9.36 Å². The van der Waals surface area contributed by atoms with Crippen LogP contribution in [0.2, 0.25) is 0 Å². The van der Waals surface area contributed by atoms with Crippen LogP contribution in [0.5, 0.6) is 0 Å². The number of nitrogens with zero attached hydrogens (tertiary/aromatic N) is 2. The minimum atomic E-state index is -0.0184. The molecule has 0 aliphatic carbocycles. The van der Waals surface area contributed by atoms with Gasteiger partial charge in [0.25, 0.3) is 0 Å². The summed E-state index contributed by atoms with van der Waals surface area (Å²) in [5.41, 5.74) is 7.13. The van der Waals surface area contributed by atoms with E-state index in [1.807, 2.05) is 30.3 Å². The lowest BCUT2D eigenvalue weighted by atomic mass is 10.1. The molecule has 5 heteroatoms. The highest BCUT2D eigenvalue weighted by Crippen LogP contribution is 2.12. The van der Waals surface area contributed by atoms with Crippen LogP contribution in [0, 0.1) is 0 Å². The topological polar surface area (TPSA) is 63.8 Å². The molecule has 3 N–H and O–H groups in total. The normalized spacial score (nSPS) is 12.3. The second-order valence-electron chi connectivity index (χ2n) is 3.14. The van der Waals surface area contributed by atoms with Gasteiger partial charge in [0.2, 0.25) is 5.13 Å². The molecule has 0 saturated carbocycles. The highest BCUT2D eigenvalue weighted by atomic mass is 32.1. The number of aromatic nitrogens is 2. The van der Waals surface area contributed by atoms with Gasteiger partial charge in [-0.2, -0.15) is 4.37 Å². The number of nitrogens with one attached hydrogen (secondary N) is 1. The van der Waals surface area contributed by atoms with Crippen LogP contribution in [0.4, 0.5) is 5.13 Å². The molecule has 2 aromatic rings. The average Bonchev–Trinajstić information content (AvgIpc) is 2.80. The van der Waals surface area contributed by atoms with Crippen molar-refractivity contribution in [2.24, 2.45) is 5.73 Å². The fourth-order valence-corrected chi connectivity index (χ4v) is 1.70. The molecule has 1 heterocycles. The second kappa shape index (κ2) is 4.86. The van der Waals surface area contributed by atoms with Crippen LogP contribution in [0.1, 0.15) is 11.6 Å². The number of hydrogen-bond donors (Lipinski definition) is 2. The Bertz CT molecular complexity index is 387. The van der Waals surface area contributed by atoms with E-state index >= 15 is 0 Å². The van der Waals surface area contributed by atoms with E-state index in [0.717, 1.165) is 10.7 Å². The molecule has 2 rings (SSSR count). The Labute approximate surface area is 92.3 Å². The van der Waals surface area contributed by atoms with Crippen molar-refractivity contribution in [2.75, 3.05) is 11.9 Å². The first kappa shape index (κ1) is 10.1. The van der Waals surface area contributed by atoms with E-state index in [1.54, 1.807) is 0 Å². The summed E-state index contributed by atoms with van der Waals surface area (Å²) in [6.07, 6.45) is 1.53. The van der Waals surface area contributed by atoms with Crippen LogP contribution in [0.3, 0.4) is 0 Å². The molecule has 15 heavy (non-hydrogen) atoms.